The van der Waals surface area contributed by atoms with Gasteiger partial charge in [-0.3, -0.25) is 9.48 Å². The maximum atomic E-state index is 13.1. The van der Waals surface area contributed by atoms with Crippen molar-refractivity contribution in [3.05, 3.63) is 46.8 Å². The van der Waals surface area contributed by atoms with Gasteiger partial charge in [0.25, 0.3) is 5.91 Å². The second kappa shape index (κ2) is 5.61. The fourth-order valence-electron chi connectivity index (χ4n) is 3.87. The van der Waals surface area contributed by atoms with E-state index in [4.69, 9.17) is 0 Å². The van der Waals surface area contributed by atoms with Crippen molar-refractivity contribution in [2.24, 2.45) is 7.05 Å². The van der Waals surface area contributed by atoms with Gasteiger partial charge in [-0.15, -0.1) is 0 Å². The van der Waals surface area contributed by atoms with Gasteiger partial charge in [0.15, 0.2) is 5.69 Å². The lowest BCUT2D eigenvalue weighted by Crippen LogP contribution is -2.21. The van der Waals surface area contributed by atoms with E-state index in [1.807, 2.05) is 12.1 Å². The number of hydrogen-bond donors (Lipinski definition) is 1. The van der Waals surface area contributed by atoms with Crippen molar-refractivity contribution in [3.8, 4) is 0 Å². The number of carbonyl (C=O) groups is 1. The van der Waals surface area contributed by atoms with E-state index in [0.29, 0.717) is 11.6 Å². The van der Waals surface area contributed by atoms with Gasteiger partial charge in [-0.2, -0.15) is 18.3 Å². The molecule has 1 atom stereocenters. The number of aryl methyl sites for hydroxylation is 1. The molecule has 0 radical (unpaired) electrons. The van der Waals surface area contributed by atoms with Crippen LogP contribution in [0.4, 0.5) is 18.9 Å². The third-order valence-electron chi connectivity index (χ3n) is 4.71. The SMILES string of the molecule is C[C@@H]1CC(C)(C)c2c(NC(=O)c3cn(C)nc3C(F)(F)F)cccc21. The van der Waals surface area contributed by atoms with Crippen LogP contribution in [0.3, 0.4) is 0 Å². The van der Waals surface area contributed by atoms with Gasteiger partial charge in [-0.05, 0) is 34.9 Å². The Bertz CT molecular complexity index is 837. The molecule has 134 valence electrons. The van der Waals surface area contributed by atoms with Crippen LogP contribution in [0.25, 0.3) is 0 Å². The second-order valence-electron chi connectivity index (χ2n) is 7.28. The first kappa shape index (κ1) is 17.5. The normalized spacial score (nSPS) is 18.9. The average Bonchev–Trinajstić information content (AvgIpc) is 2.98. The molecule has 7 heteroatoms. The molecule has 1 N–H and O–H groups in total. The fourth-order valence-corrected chi connectivity index (χ4v) is 3.87. The van der Waals surface area contributed by atoms with Crippen molar-refractivity contribution in [2.45, 2.75) is 44.7 Å². The summed E-state index contributed by atoms with van der Waals surface area (Å²) in [5, 5.41) is 6.06. The van der Waals surface area contributed by atoms with Gasteiger partial charge in [0.05, 0.1) is 5.56 Å². The molecule has 1 aromatic heterocycles. The van der Waals surface area contributed by atoms with Crippen molar-refractivity contribution >= 4 is 11.6 Å². The maximum absolute atomic E-state index is 13.1. The Labute approximate surface area is 144 Å². The molecule has 0 aliphatic heterocycles. The molecule has 1 amide bonds. The van der Waals surface area contributed by atoms with Crippen molar-refractivity contribution in [2.75, 3.05) is 5.32 Å². The lowest BCUT2D eigenvalue weighted by molar-refractivity contribution is -0.141. The molecule has 4 nitrogen and oxygen atoms in total. The van der Waals surface area contributed by atoms with Crippen LogP contribution in [0.1, 0.15) is 60.3 Å². The molecule has 0 fully saturated rings. The number of rotatable bonds is 2. The molecule has 1 aromatic carbocycles. The molecule has 0 bridgehead atoms. The van der Waals surface area contributed by atoms with Crippen LogP contribution in [0.15, 0.2) is 24.4 Å². The molecule has 0 saturated carbocycles. The minimum atomic E-state index is -4.68. The molecule has 3 rings (SSSR count). The van der Waals surface area contributed by atoms with Gasteiger partial charge in [-0.1, -0.05) is 32.9 Å². The minimum absolute atomic E-state index is 0.152. The quantitative estimate of drug-likeness (QED) is 0.867. The van der Waals surface area contributed by atoms with Crippen LogP contribution in [0.2, 0.25) is 0 Å². The average molecular weight is 351 g/mol. The monoisotopic (exact) mass is 351 g/mol. The van der Waals surface area contributed by atoms with Crippen LogP contribution < -0.4 is 5.32 Å². The van der Waals surface area contributed by atoms with Crippen LogP contribution in [0.5, 0.6) is 0 Å². The van der Waals surface area contributed by atoms with Gasteiger partial charge in [0.2, 0.25) is 0 Å². The molecular formula is C18H20F3N3O. The van der Waals surface area contributed by atoms with E-state index >= 15 is 0 Å². The summed E-state index contributed by atoms with van der Waals surface area (Å²) in [4.78, 5) is 12.5. The van der Waals surface area contributed by atoms with Gasteiger partial charge >= 0.3 is 6.18 Å². The molecule has 1 aliphatic carbocycles. The van der Waals surface area contributed by atoms with Crippen molar-refractivity contribution < 1.29 is 18.0 Å². The lowest BCUT2D eigenvalue weighted by atomic mass is 9.85. The molecule has 0 unspecified atom stereocenters. The molecule has 0 saturated heterocycles. The lowest BCUT2D eigenvalue weighted by Gasteiger charge is -2.22. The standard InChI is InChI=1S/C18H20F3N3O/c1-10-8-17(2,3)14-11(10)6-5-7-13(14)22-16(25)12-9-24(4)23-15(12)18(19,20)21/h5-7,9-10H,8H2,1-4H3,(H,22,25)/t10-/m1/s1. The van der Waals surface area contributed by atoms with E-state index in [2.05, 4.69) is 31.2 Å². The summed E-state index contributed by atoms with van der Waals surface area (Å²) < 4.78 is 40.3. The number of carbonyl (C=O) groups excluding carboxylic acids is 1. The Morgan fingerprint density at radius 2 is 2.04 bits per heavy atom. The van der Waals surface area contributed by atoms with Crippen LogP contribution in [0, 0.1) is 0 Å². The Morgan fingerprint density at radius 1 is 1.36 bits per heavy atom. The first-order valence-electron chi connectivity index (χ1n) is 8.06. The number of halogens is 3. The van der Waals surface area contributed by atoms with E-state index in [1.165, 1.54) is 7.05 Å². The molecule has 25 heavy (non-hydrogen) atoms. The zero-order valence-electron chi connectivity index (χ0n) is 14.5. The zero-order valence-corrected chi connectivity index (χ0v) is 14.5. The predicted octanol–water partition coefficient (Wildman–Crippen LogP) is 4.48. The van der Waals surface area contributed by atoms with E-state index in [9.17, 15) is 18.0 Å². The topological polar surface area (TPSA) is 46.9 Å². The van der Waals surface area contributed by atoms with E-state index < -0.39 is 23.3 Å². The number of aromatic nitrogens is 2. The highest BCUT2D eigenvalue weighted by atomic mass is 19.4. The van der Waals surface area contributed by atoms with Crippen LogP contribution in [-0.2, 0) is 18.6 Å². The first-order chi connectivity index (χ1) is 11.5. The highest BCUT2D eigenvalue weighted by molar-refractivity contribution is 6.05. The highest BCUT2D eigenvalue weighted by Crippen LogP contribution is 2.48. The second-order valence-corrected chi connectivity index (χ2v) is 7.28. The van der Waals surface area contributed by atoms with E-state index in [-0.39, 0.29) is 5.41 Å². The van der Waals surface area contributed by atoms with E-state index in [0.717, 1.165) is 28.4 Å². The highest BCUT2D eigenvalue weighted by Gasteiger charge is 2.40. The summed E-state index contributed by atoms with van der Waals surface area (Å²) in [5.74, 6) is -0.463. The number of amides is 1. The number of benzene rings is 1. The summed E-state index contributed by atoms with van der Waals surface area (Å²) in [7, 11) is 1.36. The predicted molar refractivity (Wildman–Crippen MR) is 88.7 cm³/mol. The summed E-state index contributed by atoms with van der Waals surface area (Å²) >= 11 is 0. The number of nitrogens with zero attached hydrogens (tertiary/aromatic N) is 2. The van der Waals surface area contributed by atoms with Crippen molar-refractivity contribution in [1.29, 1.82) is 0 Å². The molecule has 0 spiro atoms. The largest absolute Gasteiger partial charge is 0.435 e. The maximum Gasteiger partial charge on any atom is 0.435 e. The van der Waals surface area contributed by atoms with Crippen molar-refractivity contribution in [1.82, 2.24) is 9.78 Å². The Balaban J connectivity index is 2.00. The third-order valence-corrected chi connectivity index (χ3v) is 4.71. The third kappa shape index (κ3) is 3.03. The first-order valence-corrected chi connectivity index (χ1v) is 8.06. The minimum Gasteiger partial charge on any atom is -0.322 e. The van der Waals surface area contributed by atoms with Gasteiger partial charge in [0, 0.05) is 18.9 Å². The number of fused-ring (bicyclic) bond motifs is 1. The van der Waals surface area contributed by atoms with Gasteiger partial charge < -0.3 is 5.32 Å². The summed E-state index contributed by atoms with van der Waals surface area (Å²) in [5.41, 5.74) is 0.886. The Hall–Kier alpha value is -2.31. The summed E-state index contributed by atoms with van der Waals surface area (Å²) in [6, 6.07) is 5.57. The smallest absolute Gasteiger partial charge is 0.322 e. The summed E-state index contributed by atoms with van der Waals surface area (Å²) in [6.45, 7) is 6.27. The van der Waals surface area contributed by atoms with Crippen LogP contribution in [-0.4, -0.2) is 15.7 Å². The summed E-state index contributed by atoms with van der Waals surface area (Å²) in [6.07, 6.45) is -2.66. The van der Waals surface area contributed by atoms with E-state index in [1.54, 1.807) is 6.07 Å². The Kier molecular flexibility index (Phi) is 3.93. The molecule has 1 heterocycles. The molecule has 2 aromatic rings. The van der Waals surface area contributed by atoms with Gasteiger partial charge in [0.1, 0.15) is 0 Å². The number of hydrogen-bond acceptors (Lipinski definition) is 2. The van der Waals surface area contributed by atoms with Crippen molar-refractivity contribution in [3.63, 3.8) is 0 Å². The molecular weight excluding hydrogens is 331 g/mol. The fraction of sp³-hybridized carbons (Fsp3) is 0.444. The number of anilines is 1. The zero-order chi connectivity index (χ0) is 18.6. The number of alkyl halides is 3. The Morgan fingerprint density at radius 3 is 2.68 bits per heavy atom. The molecule has 1 aliphatic rings. The van der Waals surface area contributed by atoms with Gasteiger partial charge in [-0.25, -0.2) is 0 Å². The van der Waals surface area contributed by atoms with Crippen LogP contribution >= 0.6 is 0 Å². The number of nitrogens with one attached hydrogen (secondary N) is 1.